The van der Waals surface area contributed by atoms with E-state index < -0.39 is 0 Å². The fourth-order valence-corrected chi connectivity index (χ4v) is 5.25. The summed E-state index contributed by atoms with van der Waals surface area (Å²) in [7, 11) is 2.15. The largest absolute Gasteiger partial charge is 0.354 e. The summed E-state index contributed by atoms with van der Waals surface area (Å²) in [6, 6.07) is 4.03. The summed E-state index contributed by atoms with van der Waals surface area (Å²) < 4.78 is 0. The van der Waals surface area contributed by atoms with Crippen molar-refractivity contribution in [2.24, 2.45) is 5.92 Å². The van der Waals surface area contributed by atoms with E-state index in [0.717, 1.165) is 61.9 Å². The highest BCUT2D eigenvalue weighted by molar-refractivity contribution is 7.10. The summed E-state index contributed by atoms with van der Waals surface area (Å²) in [5, 5.41) is 5.19. The quantitative estimate of drug-likeness (QED) is 0.881. The Morgan fingerprint density at radius 2 is 2.15 bits per heavy atom. The van der Waals surface area contributed by atoms with Gasteiger partial charge in [-0.2, -0.15) is 0 Å². The second kappa shape index (κ2) is 7.98. The number of hydrogen-bond donors (Lipinski definition) is 1. The molecule has 4 rings (SSSR count). The second-order valence-corrected chi connectivity index (χ2v) is 8.82. The number of fused-ring (bicyclic) bond motifs is 1. The molecule has 2 aromatic rings. The first kappa shape index (κ1) is 18.4. The fraction of sp³-hybridized carbons (Fsp3) is 0.524. The maximum Gasteiger partial charge on any atom is 0.252 e. The van der Waals surface area contributed by atoms with Gasteiger partial charge in [0.25, 0.3) is 5.91 Å². The van der Waals surface area contributed by atoms with E-state index in [1.807, 2.05) is 17.6 Å². The van der Waals surface area contributed by atoms with E-state index >= 15 is 0 Å². The Bertz CT molecular complexity index is 810. The number of carbonyl (C=O) groups is 1. The smallest absolute Gasteiger partial charge is 0.252 e. The molecule has 0 bridgehead atoms. The predicted octanol–water partition coefficient (Wildman–Crippen LogP) is 2.95. The van der Waals surface area contributed by atoms with Crippen molar-refractivity contribution >= 4 is 23.1 Å². The van der Waals surface area contributed by atoms with E-state index in [0.29, 0.717) is 6.54 Å². The molecule has 2 aliphatic rings. The standard InChI is InChI=1S/C21H28N4OS/c1-15-5-6-17-18(14-27-19(17)12-15)21(26)23-13-16-4-3-7-22-20(16)25-10-8-24(2)9-11-25/h3-4,7,14-15H,5-6,8-13H2,1-2H3,(H,23,26). The van der Waals surface area contributed by atoms with Gasteiger partial charge in [-0.1, -0.05) is 13.0 Å². The van der Waals surface area contributed by atoms with E-state index in [2.05, 4.69) is 40.1 Å². The van der Waals surface area contributed by atoms with Gasteiger partial charge in [0.1, 0.15) is 5.82 Å². The number of nitrogens with zero attached hydrogens (tertiary/aromatic N) is 3. The first-order valence-electron chi connectivity index (χ1n) is 9.86. The van der Waals surface area contributed by atoms with Crippen molar-refractivity contribution in [3.05, 3.63) is 45.3 Å². The molecule has 27 heavy (non-hydrogen) atoms. The highest BCUT2D eigenvalue weighted by atomic mass is 32.1. The number of aromatic nitrogens is 1. The first-order valence-corrected chi connectivity index (χ1v) is 10.7. The van der Waals surface area contributed by atoms with E-state index in [4.69, 9.17) is 0 Å². The monoisotopic (exact) mass is 384 g/mol. The first-order chi connectivity index (χ1) is 13.1. The van der Waals surface area contributed by atoms with Crippen LogP contribution in [0.25, 0.3) is 0 Å². The maximum atomic E-state index is 12.8. The number of rotatable bonds is 4. The molecule has 6 heteroatoms. The van der Waals surface area contributed by atoms with E-state index in [1.165, 1.54) is 16.9 Å². The minimum atomic E-state index is 0.0511. The van der Waals surface area contributed by atoms with Crippen LogP contribution in [0.1, 0.15) is 39.7 Å². The van der Waals surface area contributed by atoms with Gasteiger partial charge in [0.05, 0.1) is 5.56 Å². The highest BCUT2D eigenvalue weighted by Gasteiger charge is 2.23. The molecule has 2 aromatic heterocycles. The SMILES string of the molecule is CC1CCc2c(C(=O)NCc3cccnc3N3CCN(C)CC3)csc2C1. The Labute approximate surface area is 165 Å². The molecule has 1 unspecified atom stereocenters. The summed E-state index contributed by atoms with van der Waals surface area (Å²) in [4.78, 5) is 23.5. The number of pyridine rings is 1. The number of carbonyl (C=O) groups excluding carboxylic acids is 1. The van der Waals surface area contributed by atoms with Gasteiger partial charge in [-0.15, -0.1) is 11.3 Å². The molecular formula is C21H28N4OS. The Balaban J connectivity index is 1.44. The van der Waals surface area contributed by atoms with Gasteiger partial charge in [0.2, 0.25) is 0 Å². The predicted molar refractivity (Wildman–Crippen MR) is 111 cm³/mol. The lowest BCUT2D eigenvalue weighted by atomic mass is 9.88. The summed E-state index contributed by atoms with van der Waals surface area (Å²) in [5.41, 5.74) is 3.25. The molecule has 3 heterocycles. The van der Waals surface area contributed by atoms with E-state index in [-0.39, 0.29) is 5.91 Å². The average molecular weight is 385 g/mol. The number of amides is 1. The van der Waals surface area contributed by atoms with Gasteiger partial charge >= 0.3 is 0 Å². The minimum Gasteiger partial charge on any atom is -0.354 e. The van der Waals surface area contributed by atoms with Crippen molar-refractivity contribution in [3.8, 4) is 0 Å². The van der Waals surface area contributed by atoms with Gasteiger partial charge in [-0.25, -0.2) is 4.98 Å². The Kier molecular flexibility index (Phi) is 5.45. The Morgan fingerprint density at radius 3 is 2.96 bits per heavy atom. The van der Waals surface area contributed by atoms with Gasteiger partial charge in [0, 0.05) is 54.7 Å². The number of nitrogens with one attached hydrogen (secondary N) is 1. The zero-order chi connectivity index (χ0) is 18.8. The fourth-order valence-electron chi connectivity index (χ4n) is 4.01. The minimum absolute atomic E-state index is 0.0511. The summed E-state index contributed by atoms with van der Waals surface area (Å²) in [6.07, 6.45) is 5.17. The van der Waals surface area contributed by atoms with Gasteiger partial charge in [0.15, 0.2) is 0 Å². The van der Waals surface area contributed by atoms with Crippen LogP contribution in [-0.2, 0) is 19.4 Å². The second-order valence-electron chi connectivity index (χ2n) is 7.86. The molecule has 0 aromatic carbocycles. The van der Waals surface area contributed by atoms with Crippen LogP contribution in [0, 0.1) is 5.92 Å². The van der Waals surface area contributed by atoms with Gasteiger partial charge < -0.3 is 15.1 Å². The van der Waals surface area contributed by atoms with Crippen molar-refractivity contribution in [3.63, 3.8) is 0 Å². The van der Waals surface area contributed by atoms with Crippen LogP contribution in [0.15, 0.2) is 23.7 Å². The molecule has 0 saturated carbocycles. The van der Waals surface area contributed by atoms with Gasteiger partial charge in [-0.3, -0.25) is 4.79 Å². The number of hydrogen-bond acceptors (Lipinski definition) is 5. The molecule has 1 N–H and O–H groups in total. The molecule has 0 radical (unpaired) electrons. The lowest BCUT2D eigenvalue weighted by Crippen LogP contribution is -2.45. The number of likely N-dealkylation sites (N-methyl/N-ethyl adjacent to an activating group) is 1. The zero-order valence-corrected chi connectivity index (χ0v) is 17.0. The van der Waals surface area contributed by atoms with Crippen molar-refractivity contribution in [1.82, 2.24) is 15.2 Å². The molecule has 1 aliphatic carbocycles. The molecule has 1 saturated heterocycles. The third-order valence-corrected chi connectivity index (χ3v) is 6.81. The Hall–Kier alpha value is -1.92. The topological polar surface area (TPSA) is 48.5 Å². The molecule has 0 spiro atoms. The van der Waals surface area contributed by atoms with Crippen LogP contribution in [0.5, 0.6) is 0 Å². The average Bonchev–Trinajstić information content (AvgIpc) is 3.10. The normalized spacial score (nSPS) is 20.4. The lowest BCUT2D eigenvalue weighted by Gasteiger charge is -2.34. The lowest BCUT2D eigenvalue weighted by molar-refractivity contribution is 0.0950. The van der Waals surface area contributed by atoms with Crippen LogP contribution < -0.4 is 10.2 Å². The van der Waals surface area contributed by atoms with E-state index in [9.17, 15) is 4.79 Å². The molecule has 1 atom stereocenters. The maximum absolute atomic E-state index is 12.8. The van der Waals surface area contributed by atoms with Gasteiger partial charge in [-0.05, 0) is 43.9 Å². The molecule has 1 fully saturated rings. The Morgan fingerprint density at radius 1 is 1.33 bits per heavy atom. The van der Waals surface area contributed by atoms with Crippen LogP contribution in [0.3, 0.4) is 0 Å². The molecule has 5 nitrogen and oxygen atoms in total. The summed E-state index contributed by atoms with van der Waals surface area (Å²) in [6.45, 7) is 6.86. The van der Waals surface area contributed by atoms with Crippen LogP contribution in [-0.4, -0.2) is 49.0 Å². The van der Waals surface area contributed by atoms with Crippen molar-refractivity contribution in [1.29, 1.82) is 0 Å². The number of anilines is 1. The molecule has 1 aliphatic heterocycles. The zero-order valence-electron chi connectivity index (χ0n) is 16.2. The number of thiophene rings is 1. The highest BCUT2D eigenvalue weighted by Crippen LogP contribution is 2.32. The number of piperazine rings is 1. The molecular weight excluding hydrogens is 356 g/mol. The van der Waals surface area contributed by atoms with Crippen molar-refractivity contribution in [2.75, 3.05) is 38.1 Å². The molecule has 1 amide bonds. The summed E-state index contributed by atoms with van der Waals surface area (Å²) >= 11 is 1.75. The van der Waals surface area contributed by atoms with Crippen LogP contribution >= 0.6 is 11.3 Å². The van der Waals surface area contributed by atoms with E-state index in [1.54, 1.807) is 11.3 Å². The summed E-state index contributed by atoms with van der Waals surface area (Å²) in [5.74, 6) is 1.79. The van der Waals surface area contributed by atoms with Crippen LogP contribution in [0.2, 0.25) is 0 Å². The van der Waals surface area contributed by atoms with Crippen LogP contribution in [0.4, 0.5) is 5.82 Å². The van der Waals surface area contributed by atoms with Crippen molar-refractivity contribution < 1.29 is 4.79 Å². The molecule has 144 valence electrons. The third-order valence-electron chi connectivity index (χ3n) is 5.76. The third kappa shape index (κ3) is 4.01. The van der Waals surface area contributed by atoms with Crippen molar-refractivity contribution in [2.45, 2.75) is 32.7 Å².